The molecule has 0 aliphatic carbocycles. The van der Waals surface area contributed by atoms with Crippen LogP contribution in [-0.4, -0.2) is 24.0 Å². The molecule has 3 rings (SSSR count). The Morgan fingerprint density at radius 2 is 1.82 bits per heavy atom. The van der Waals surface area contributed by atoms with Gasteiger partial charge in [0.15, 0.2) is 0 Å². The monoisotopic (exact) mass is 379 g/mol. The second kappa shape index (κ2) is 8.77. The highest BCUT2D eigenvalue weighted by atomic mass is 19.1. The van der Waals surface area contributed by atoms with Crippen LogP contribution in [0.2, 0.25) is 0 Å². The smallest absolute Gasteiger partial charge is 0.337 e. The molecule has 0 aliphatic rings. The molecular weight excluding hydrogens is 361 g/mol. The molecule has 0 fully saturated rings. The lowest BCUT2D eigenvalue weighted by atomic mass is 10.2. The van der Waals surface area contributed by atoms with Crippen LogP contribution in [0.25, 0.3) is 0 Å². The summed E-state index contributed by atoms with van der Waals surface area (Å²) in [5, 5.41) is 5.82. The van der Waals surface area contributed by atoms with Gasteiger partial charge < -0.3 is 15.4 Å². The lowest BCUT2D eigenvalue weighted by Crippen LogP contribution is -2.22. The van der Waals surface area contributed by atoms with Crippen molar-refractivity contribution in [1.82, 2.24) is 10.3 Å². The van der Waals surface area contributed by atoms with E-state index in [0.717, 1.165) is 5.56 Å². The third-order valence-electron chi connectivity index (χ3n) is 3.95. The fraction of sp³-hybridized carbons (Fsp3) is 0.0952. The minimum absolute atomic E-state index is 0.281. The summed E-state index contributed by atoms with van der Waals surface area (Å²) in [6.45, 7) is 0.291. The number of nitrogens with one attached hydrogen (secondary N) is 2. The van der Waals surface area contributed by atoms with E-state index in [0.29, 0.717) is 29.2 Å². The molecule has 0 bridgehead atoms. The third kappa shape index (κ3) is 4.91. The third-order valence-corrected chi connectivity index (χ3v) is 3.95. The number of esters is 1. The van der Waals surface area contributed by atoms with Gasteiger partial charge in [-0.2, -0.15) is 0 Å². The van der Waals surface area contributed by atoms with Gasteiger partial charge in [-0.3, -0.25) is 4.79 Å². The van der Waals surface area contributed by atoms with Crippen LogP contribution in [0, 0.1) is 5.82 Å². The molecule has 3 aromatic rings. The highest BCUT2D eigenvalue weighted by molar-refractivity contribution is 5.94. The number of hydrogen-bond donors (Lipinski definition) is 2. The predicted octanol–water partition coefficient (Wildman–Crippen LogP) is 3.68. The lowest BCUT2D eigenvalue weighted by molar-refractivity contribution is 0.0600. The van der Waals surface area contributed by atoms with Crippen LogP contribution >= 0.6 is 0 Å². The molecule has 1 heterocycles. The van der Waals surface area contributed by atoms with Crippen molar-refractivity contribution in [2.24, 2.45) is 0 Å². The summed E-state index contributed by atoms with van der Waals surface area (Å²) < 4.78 is 17.6. The summed E-state index contributed by atoms with van der Waals surface area (Å²) in [6.07, 6.45) is 1.45. The maximum absolute atomic E-state index is 12.9. The van der Waals surface area contributed by atoms with Crippen molar-refractivity contribution in [3.63, 3.8) is 0 Å². The quantitative estimate of drug-likeness (QED) is 0.639. The number of amides is 1. The zero-order valence-corrected chi connectivity index (χ0v) is 15.1. The maximum Gasteiger partial charge on any atom is 0.337 e. The molecule has 0 radical (unpaired) electrons. The number of ether oxygens (including phenoxy) is 1. The summed E-state index contributed by atoms with van der Waals surface area (Å²) in [5.41, 5.74) is 2.29. The fourth-order valence-corrected chi connectivity index (χ4v) is 2.48. The molecule has 0 saturated heterocycles. The van der Waals surface area contributed by atoms with Crippen molar-refractivity contribution < 1.29 is 18.7 Å². The predicted molar refractivity (Wildman–Crippen MR) is 103 cm³/mol. The largest absolute Gasteiger partial charge is 0.465 e. The number of halogens is 1. The standard InChI is InChI=1S/C21H18FN3O3/c1-28-21(27)15-3-2-4-18(11-15)25-19-10-7-16(13-23-19)20(26)24-12-14-5-8-17(22)9-6-14/h2-11,13H,12H2,1H3,(H,23,25)(H,24,26). The zero-order chi connectivity index (χ0) is 19.9. The number of pyridine rings is 1. The number of hydrogen-bond acceptors (Lipinski definition) is 5. The highest BCUT2D eigenvalue weighted by Gasteiger charge is 2.08. The second-order valence-electron chi connectivity index (χ2n) is 5.94. The molecule has 0 aliphatic heterocycles. The van der Waals surface area contributed by atoms with E-state index in [9.17, 15) is 14.0 Å². The van der Waals surface area contributed by atoms with Gasteiger partial charge in [0.25, 0.3) is 5.91 Å². The van der Waals surface area contributed by atoms with Gasteiger partial charge in [0.05, 0.1) is 18.2 Å². The summed E-state index contributed by atoms with van der Waals surface area (Å²) >= 11 is 0. The average Bonchev–Trinajstić information content (AvgIpc) is 2.73. The van der Waals surface area contributed by atoms with Crippen LogP contribution in [0.3, 0.4) is 0 Å². The van der Waals surface area contributed by atoms with E-state index in [1.807, 2.05) is 0 Å². The van der Waals surface area contributed by atoms with Gasteiger partial charge in [-0.25, -0.2) is 14.2 Å². The summed E-state index contributed by atoms with van der Waals surface area (Å²) in [6, 6.07) is 16.0. The summed E-state index contributed by atoms with van der Waals surface area (Å²) in [7, 11) is 1.32. The van der Waals surface area contributed by atoms with E-state index in [4.69, 9.17) is 4.74 Å². The van der Waals surface area contributed by atoms with Gasteiger partial charge in [-0.1, -0.05) is 18.2 Å². The van der Waals surface area contributed by atoms with Gasteiger partial charge in [-0.05, 0) is 48.0 Å². The zero-order valence-electron chi connectivity index (χ0n) is 15.1. The fourth-order valence-electron chi connectivity index (χ4n) is 2.48. The van der Waals surface area contributed by atoms with E-state index in [1.165, 1.54) is 25.4 Å². The Morgan fingerprint density at radius 1 is 1.04 bits per heavy atom. The average molecular weight is 379 g/mol. The molecule has 6 nitrogen and oxygen atoms in total. The number of carbonyl (C=O) groups is 2. The molecule has 7 heteroatoms. The van der Waals surface area contributed by atoms with Crippen LogP contribution in [-0.2, 0) is 11.3 Å². The molecule has 28 heavy (non-hydrogen) atoms. The van der Waals surface area contributed by atoms with Gasteiger partial charge >= 0.3 is 5.97 Å². The van der Waals surface area contributed by atoms with Crippen LogP contribution in [0.15, 0.2) is 66.9 Å². The topological polar surface area (TPSA) is 80.3 Å². The van der Waals surface area contributed by atoms with Crippen LogP contribution in [0.1, 0.15) is 26.3 Å². The number of methoxy groups -OCH3 is 1. The Hall–Kier alpha value is -3.74. The molecule has 0 spiro atoms. The minimum Gasteiger partial charge on any atom is -0.465 e. The van der Waals surface area contributed by atoms with Crippen LogP contribution in [0.5, 0.6) is 0 Å². The number of benzene rings is 2. The molecule has 1 aromatic heterocycles. The van der Waals surface area contributed by atoms with E-state index in [-0.39, 0.29) is 11.7 Å². The molecule has 2 aromatic carbocycles. The summed E-state index contributed by atoms with van der Waals surface area (Å²) in [4.78, 5) is 28.0. The van der Waals surface area contributed by atoms with Crippen molar-refractivity contribution in [3.05, 3.63) is 89.4 Å². The molecule has 2 N–H and O–H groups in total. The SMILES string of the molecule is COC(=O)c1cccc(Nc2ccc(C(=O)NCc3ccc(F)cc3)cn2)c1. The molecule has 1 amide bonds. The first kappa shape index (κ1) is 19.0. The first-order chi connectivity index (χ1) is 13.5. The van der Waals surface area contributed by atoms with Crippen molar-refractivity contribution in [3.8, 4) is 0 Å². The number of anilines is 2. The van der Waals surface area contributed by atoms with Gasteiger partial charge in [0.1, 0.15) is 11.6 Å². The van der Waals surface area contributed by atoms with Crippen molar-refractivity contribution >= 4 is 23.4 Å². The Kier molecular flexibility index (Phi) is 5.96. The maximum atomic E-state index is 12.9. The molecule has 0 saturated carbocycles. The molecule has 0 unspecified atom stereocenters. The van der Waals surface area contributed by atoms with Crippen LogP contribution < -0.4 is 10.6 Å². The van der Waals surface area contributed by atoms with Crippen molar-refractivity contribution in [2.75, 3.05) is 12.4 Å². The van der Waals surface area contributed by atoms with E-state index < -0.39 is 5.97 Å². The minimum atomic E-state index is -0.426. The van der Waals surface area contributed by atoms with Gasteiger partial charge in [0, 0.05) is 18.4 Å². The molecule has 142 valence electrons. The van der Waals surface area contributed by atoms with E-state index in [2.05, 4.69) is 15.6 Å². The van der Waals surface area contributed by atoms with Crippen molar-refractivity contribution in [2.45, 2.75) is 6.54 Å². The van der Waals surface area contributed by atoms with Crippen molar-refractivity contribution in [1.29, 1.82) is 0 Å². The number of aromatic nitrogens is 1. The highest BCUT2D eigenvalue weighted by Crippen LogP contribution is 2.17. The Bertz CT molecular complexity index is 973. The Labute approximate surface area is 161 Å². The summed E-state index contributed by atoms with van der Waals surface area (Å²) in [5.74, 6) is -0.502. The van der Waals surface area contributed by atoms with E-state index in [1.54, 1.807) is 48.5 Å². The van der Waals surface area contributed by atoms with Crippen LogP contribution in [0.4, 0.5) is 15.9 Å². The normalized spacial score (nSPS) is 10.2. The Balaban J connectivity index is 1.60. The first-order valence-electron chi connectivity index (χ1n) is 8.49. The molecule has 0 atom stereocenters. The number of nitrogens with zero attached hydrogens (tertiary/aromatic N) is 1. The number of rotatable bonds is 6. The Morgan fingerprint density at radius 3 is 2.50 bits per heavy atom. The second-order valence-corrected chi connectivity index (χ2v) is 5.94. The first-order valence-corrected chi connectivity index (χ1v) is 8.49. The van der Waals surface area contributed by atoms with Gasteiger partial charge in [-0.15, -0.1) is 0 Å². The lowest BCUT2D eigenvalue weighted by Gasteiger charge is -2.08. The van der Waals surface area contributed by atoms with Gasteiger partial charge in [0.2, 0.25) is 0 Å². The van der Waals surface area contributed by atoms with E-state index >= 15 is 0 Å². The molecular formula is C21H18FN3O3. The number of carbonyl (C=O) groups excluding carboxylic acids is 2.